The molecule has 0 aliphatic carbocycles. The van der Waals surface area contributed by atoms with Gasteiger partial charge in [-0.3, -0.25) is 9.88 Å². The average molecular weight is 319 g/mol. The number of aromatic nitrogens is 1. The Kier molecular flexibility index (Phi) is 5.28. The molecule has 118 valence electrons. The fourth-order valence-electron chi connectivity index (χ4n) is 2.24. The lowest BCUT2D eigenvalue weighted by atomic mass is 10.1. The zero-order valence-electron chi connectivity index (χ0n) is 12.8. The molecule has 0 spiro atoms. The monoisotopic (exact) mass is 319 g/mol. The smallest absolute Gasteiger partial charge is 0.238 e. The Morgan fingerprint density at radius 2 is 1.73 bits per heavy atom. The SMILES string of the molecule is CC(c1ccc(S(N)(=O)=O)cc1)N(C)CCc1ccncc1. The van der Waals surface area contributed by atoms with Crippen molar-refractivity contribution in [1.29, 1.82) is 0 Å². The molecule has 1 unspecified atom stereocenters. The molecule has 0 saturated heterocycles. The third-order valence-corrected chi connectivity index (χ3v) is 4.78. The van der Waals surface area contributed by atoms with E-state index in [-0.39, 0.29) is 10.9 Å². The van der Waals surface area contributed by atoms with E-state index in [0.29, 0.717) is 0 Å². The highest BCUT2D eigenvalue weighted by Gasteiger charge is 2.13. The summed E-state index contributed by atoms with van der Waals surface area (Å²) >= 11 is 0. The zero-order valence-corrected chi connectivity index (χ0v) is 13.6. The molecule has 6 heteroatoms. The molecule has 1 aromatic heterocycles. The number of likely N-dealkylation sites (N-methyl/N-ethyl adjacent to an activating group) is 1. The van der Waals surface area contributed by atoms with Crippen LogP contribution in [0.15, 0.2) is 53.7 Å². The number of nitrogens with two attached hydrogens (primary N) is 1. The van der Waals surface area contributed by atoms with Crippen LogP contribution in [-0.4, -0.2) is 31.9 Å². The first-order valence-electron chi connectivity index (χ1n) is 7.10. The van der Waals surface area contributed by atoms with E-state index in [1.54, 1.807) is 24.5 Å². The molecule has 2 aromatic rings. The van der Waals surface area contributed by atoms with Gasteiger partial charge in [0.1, 0.15) is 0 Å². The van der Waals surface area contributed by atoms with E-state index in [9.17, 15) is 8.42 Å². The van der Waals surface area contributed by atoms with Crippen molar-refractivity contribution in [2.75, 3.05) is 13.6 Å². The Labute approximate surface area is 131 Å². The summed E-state index contributed by atoms with van der Waals surface area (Å²) < 4.78 is 22.5. The van der Waals surface area contributed by atoms with Crippen LogP contribution in [0.2, 0.25) is 0 Å². The number of hydrogen-bond acceptors (Lipinski definition) is 4. The summed E-state index contributed by atoms with van der Waals surface area (Å²) in [6, 6.07) is 11.0. The van der Waals surface area contributed by atoms with Gasteiger partial charge in [-0.2, -0.15) is 0 Å². The maximum atomic E-state index is 11.3. The summed E-state index contributed by atoms with van der Waals surface area (Å²) in [6.07, 6.45) is 4.54. The van der Waals surface area contributed by atoms with E-state index in [1.807, 2.05) is 24.3 Å². The van der Waals surface area contributed by atoms with Crippen LogP contribution in [0.4, 0.5) is 0 Å². The standard InChI is InChI=1S/C16H21N3O2S/c1-13(15-3-5-16(6-4-15)22(17,20)21)19(2)12-9-14-7-10-18-11-8-14/h3-8,10-11,13H,9,12H2,1-2H3,(H2,17,20,21). The largest absolute Gasteiger partial charge is 0.299 e. The Balaban J connectivity index is 1.99. The predicted octanol–water partition coefficient (Wildman–Crippen LogP) is 1.96. The van der Waals surface area contributed by atoms with Gasteiger partial charge in [-0.15, -0.1) is 0 Å². The second kappa shape index (κ2) is 7.00. The maximum absolute atomic E-state index is 11.3. The van der Waals surface area contributed by atoms with Gasteiger partial charge in [-0.1, -0.05) is 12.1 Å². The van der Waals surface area contributed by atoms with Crippen molar-refractivity contribution in [3.8, 4) is 0 Å². The van der Waals surface area contributed by atoms with Crippen molar-refractivity contribution < 1.29 is 8.42 Å². The molecular formula is C16H21N3O2S. The van der Waals surface area contributed by atoms with Gasteiger partial charge in [0.05, 0.1) is 4.90 Å². The molecule has 2 N–H and O–H groups in total. The molecule has 0 radical (unpaired) electrons. The van der Waals surface area contributed by atoms with Crippen LogP contribution in [0.25, 0.3) is 0 Å². The molecule has 2 rings (SSSR count). The molecule has 0 aliphatic heterocycles. The highest BCUT2D eigenvalue weighted by molar-refractivity contribution is 7.89. The third kappa shape index (κ3) is 4.37. The van der Waals surface area contributed by atoms with E-state index < -0.39 is 10.0 Å². The molecule has 0 aliphatic rings. The number of sulfonamides is 1. The Bertz CT molecular complexity index is 700. The molecule has 1 atom stereocenters. The molecular weight excluding hydrogens is 298 g/mol. The van der Waals surface area contributed by atoms with Gasteiger partial charge in [0.25, 0.3) is 0 Å². The first-order valence-corrected chi connectivity index (χ1v) is 8.64. The molecule has 0 amide bonds. The fraction of sp³-hybridized carbons (Fsp3) is 0.312. The van der Waals surface area contributed by atoms with E-state index in [1.165, 1.54) is 5.56 Å². The first kappa shape index (κ1) is 16.6. The van der Waals surface area contributed by atoms with Crippen LogP contribution in [0.1, 0.15) is 24.1 Å². The fourth-order valence-corrected chi connectivity index (χ4v) is 2.75. The van der Waals surface area contributed by atoms with E-state index in [4.69, 9.17) is 5.14 Å². The third-order valence-electron chi connectivity index (χ3n) is 3.85. The van der Waals surface area contributed by atoms with Crippen LogP contribution < -0.4 is 5.14 Å². The molecule has 1 heterocycles. The van der Waals surface area contributed by atoms with Crippen LogP contribution in [0.3, 0.4) is 0 Å². The van der Waals surface area contributed by atoms with Gasteiger partial charge >= 0.3 is 0 Å². The van der Waals surface area contributed by atoms with Crippen LogP contribution in [0.5, 0.6) is 0 Å². The number of pyridine rings is 1. The van der Waals surface area contributed by atoms with E-state index in [2.05, 4.69) is 23.9 Å². The molecule has 0 bridgehead atoms. The number of rotatable bonds is 6. The van der Waals surface area contributed by atoms with Gasteiger partial charge in [-0.25, -0.2) is 13.6 Å². The zero-order chi connectivity index (χ0) is 16.2. The van der Waals surface area contributed by atoms with E-state index in [0.717, 1.165) is 18.5 Å². The maximum Gasteiger partial charge on any atom is 0.238 e. The van der Waals surface area contributed by atoms with Crippen LogP contribution in [0, 0.1) is 0 Å². The highest BCUT2D eigenvalue weighted by Crippen LogP contribution is 2.20. The molecule has 22 heavy (non-hydrogen) atoms. The summed E-state index contributed by atoms with van der Waals surface area (Å²) in [6.45, 7) is 3.00. The lowest BCUT2D eigenvalue weighted by Crippen LogP contribution is -2.25. The normalized spacial score (nSPS) is 13.3. The Morgan fingerprint density at radius 3 is 2.27 bits per heavy atom. The highest BCUT2D eigenvalue weighted by atomic mass is 32.2. The van der Waals surface area contributed by atoms with Gasteiger partial charge in [0.15, 0.2) is 0 Å². The summed E-state index contributed by atoms with van der Waals surface area (Å²) in [4.78, 5) is 6.38. The van der Waals surface area contributed by atoms with Crippen LogP contribution in [-0.2, 0) is 16.4 Å². The summed E-state index contributed by atoms with van der Waals surface area (Å²) in [5, 5.41) is 5.11. The Morgan fingerprint density at radius 1 is 1.14 bits per heavy atom. The van der Waals surface area contributed by atoms with Crippen molar-refractivity contribution in [3.05, 3.63) is 59.9 Å². The minimum Gasteiger partial charge on any atom is -0.299 e. The number of nitrogens with zero attached hydrogens (tertiary/aromatic N) is 2. The topological polar surface area (TPSA) is 76.3 Å². The van der Waals surface area contributed by atoms with Crippen molar-refractivity contribution in [1.82, 2.24) is 9.88 Å². The van der Waals surface area contributed by atoms with Crippen LogP contribution >= 0.6 is 0 Å². The lowest BCUT2D eigenvalue weighted by molar-refractivity contribution is 0.265. The predicted molar refractivity (Wildman–Crippen MR) is 86.8 cm³/mol. The molecule has 0 fully saturated rings. The van der Waals surface area contributed by atoms with Gasteiger partial charge in [0.2, 0.25) is 10.0 Å². The Hall–Kier alpha value is -1.76. The van der Waals surface area contributed by atoms with Crippen molar-refractivity contribution in [3.63, 3.8) is 0 Å². The quantitative estimate of drug-likeness (QED) is 0.883. The minimum absolute atomic E-state index is 0.142. The first-order chi connectivity index (χ1) is 10.4. The second-order valence-corrected chi connectivity index (χ2v) is 6.94. The number of primary sulfonamides is 1. The molecule has 1 aromatic carbocycles. The summed E-state index contributed by atoms with van der Waals surface area (Å²) in [5.41, 5.74) is 2.31. The molecule has 0 saturated carbocycles. The number of benzene rings is 1. The number of hydrogen-bond donors (Lipinski definition) is 1. The average Bonchev–Trinajstić information content (AvgIpc) is 2.52. The van der Waals surface area contributed by atoms with E-state index >= 15 is 0 Å². The van der Waals surface area contributed by atoms with Gasteiger partial charge in [-0.05, 0) is 55.8 Å². The van der Waals surface area contributed by atoms with Gasteiger partial charge in [0, 0.05) is 25.0 Å². The van der Waals surface area contributed by atoms with Crippen molar-refractivity contribution in [2.45, 2.75) is 24.3 Å². The summed E-state index contributed by atoms with van der Waals surface area (Å²) in [7, 11) is -1.58. The second-order valence-electron chi connectivity index (χ2n) is 5.38. The van der Waals surface area contributed by atoms with Gasteiger partial charge < -0.3 is 0 Å². The lowest BCUT2D eigenvalue weighted by Gasteiger charge is -2.25. The minimum atomic E-state index is -3.63. The van der Waals surface area contributed by atoms with Crippen molar-refractivity contribution >= 4 is 10.0 Å². The summed E-state index contributed by atoms with van der Waals surface area (Å²) in [5.74, 6) is 0. The molecule has 5 nitrogen and oxygen atoms in total. The van der Waals surface area contributed by atoms with Crippen molar-refractivity contribution in [2.24, 2.45) is 5.14 Å².